The van der Waals surface area contributed by atoms with Gasteiger partial charge in [-0.3, -0.25) is 0 Å². The van der Waals surface area contributed by atoms with E-state index < -0.39 is 6.10 Å². The molecule has 0 saturated carbocycles. The fourth-order valence-corrected chi connectivity index (χ4v) is 1.96. The van der Waals surface area contributed by atoms with Crippen LogP contribution in [0.4, 0.5) is 0 Å². The SMILES string of the molecule is CC(C)(C)NC[C@H](O)COC[C@@H]1COc2ccccc2O1. The second kappa shape index (κ2) is 7.11. The number of benzene rings is 1. The Labute approximate surface area is 126 Å². The molecule has 0 bridgehead atoms. The van der Waals surface area contributed by atoms with Crippen LogP contribution in [-0.2, 0) is 4.74 Å². The summed E-state index contributed by atoms with van der Waals surface area (Å²) in [6.07, 6.45) is -0.663. The van der Waals surface area contributed by atoms with Crippen LogP contribution in [0.5, 0.6) is 11.5 Å². The monoisotopic (exact) mass is 295 g/mol. The zero-order valence-electron chi connectivity index (χ0n) is 13.0. The van der Waals surface area contributed by atoms with Gasteiger partial charge in [0.15, 0.2) is 17.6 Å². The van der Waals surface area contributed by atoms with Gasteiger partial charge in [0, 0.05) is 12.1 Å². The second-order valence-corrected chi connectivity index (χ2v) is 6.32. The number of hydrogen-bond donors (Lipinski definition) is 2. The Kier molecular flexibility index (Phi) is 5.45. The van der Waals surface area contributed by atoms with Crippen LogP contribution < -0.4 is 14.8 Å². The summed E-state index contributed by atoms with van der Waals surface area (Å²) in [7, 11) is 0. The van der Waals surface area contributed by atoms with Gasteiger partial charge < -0.3 is 24.6 Å². The molecule has 1 aliphatic rings. The molecule has 0 spiro atoms. The highest BCUT2D eigenvalue weighted by Crippen LogP contribution is 2.30. The van der Waals surface area contributed by atoms with E-state index in [9.17, 15) is 5.11 Å². The number of nitrogens with one attached hydrogen (secondary N) is 1. The molecule has 1 aliphatic heterocycles. The summed E-state index contributed by atoms with van der Waals surface area (Å²) in [6.45, 7) is 7.84. The number of β-amino-alcohol motifs (C(OH)–C–C–N with tert-alkyl or cyclic N) is 1. The number of rotatable bonds is 6. The zero-order valence-corrected chi connectivity index (χ0v) is 13.0. The number of aliphatic hydroxyl groups is 1. The smallest absolute Gasteiger partial charge is 0.161 e. The van der Waals surface area contributed by atoms with Crippen molar-refractivity contribution in [1.82, 2.24) is 5.32 Å². The first-order valence-electron chi connectivity index (χ1n) is 7.33. The van der Waals surface area contributed by atoms with E-state index in [0.29, 0.717) is 19.8 Å². The average Bonchev–Trinajstić information content (AvgIpc) is 2.44. The lowest BCUT2D eigenvalue weighted by atomic mass is 10.1. The summed E-state index contributed by atoms with van der Waals surface area (Å²) in [6, 6.07) is 7.59. The van der Waals surface area contributed by atoms with Gasteiger partial charge in [-0.1, -0.05) is 12.1 Å². The number of hydrogen-bond acceptors (Lipinski definition) is 5. The van der Waals surface area contributed by atoms with Crippen molar-refractivity contribution in [2.45, 2.75) is 38.5 Å². The number of aliphatic hydroxyl groups excluding tert-OH is 1. The van der Waals surface area contributed by atoms with E-state index in [4.69, 9.17) is 14.2 Å². The molecule has 5 nitrogen and oxygen atoms in total. The predicted octanol–water partition coefficient (Wildman–Crippen LogP) is 1.59. The lowest BCUT2D eigenvalue weighted by Gasteiger charge is -2.27. The minimum absolute atomic E-state index is 0.00892. The Morgan fingerprint density at radius 2 is 2.05 bits per heavy atom. The summed E-state index contributed by atoms with van der Waals surface area (Å²) in [4.78, 5) is 0. The van der Waals surface area contributed by atoms with Gasteiger partial charge in [-0.2, -0.15) is 0 Å². The third-order valence-corrected chi connectivity index (χ3v) is 3.05. The third-order valence-electron chi connectivity index (χ3n) is 3.05. The summed E-state index contributed by atoms with van der Waals surface area (Å²) in [5.74, 6) is 1.51. The molecule has 1 aromatic rings. The molecule has 1 aromatic carbocycles. The number of fused-ring (bicyclic) bond motifs is 1. The van der Waals surface area contributed by atoms with Gasteiger partial charge in [-0.05, 0) is 32.9 Å². The molecule has 2 rings (SSSR count). The Bertz CT molecular complexity index is 444. The van der Waals surface area contributed by atoms with Crippen molar-refractivity contribution in [3.05, 3.63) is 24.3 Å². The molecule has 1 heterocycles. The van der Waals surface area contributed by atoms with Gasteiger partial charge in [0.05, 0.1) is 19.3 Å². The largest absolute Gasteiger partial charge is 0.486 e. The van der Waals surface area contributed by atoms with E-state index in [1.54, 1.807) is 0 Å². The van der Waals surface area contributed by atoms with Crippen LogP contribution in [-0.4, -0.2) is 49.2 Å². The van der Waals surface area contributed by atoms with E-state index in [1.807, 2.05) is 24.3 Å². The van der Waals surface area contributed by atoms with Gasteiger partial charge in [0.1, 0.15) is 6.61 Å². The second-order valence-electron chi connectivity index (χ2n) is 6.32. The van der Waals surface area contributed by atoms with Gasteiger partial charge in [-0.15, -0.1) is 0 Å². The summed E-state index contributed by atoms with van der Waals surface area (Å²) in [5, 5.41) is 13.1. The quantitative estimate of drug-likeness (QED) is 0.834. The Morgan fingerprint density at radius 1 is 1.33 bits per heavy atom. The third kappa shape index (κ3) is 5.53. The van der Waals surface area contributed by atoms with E-state index in [0.717, 1.165) is 11.5 Å². The maximum atomic E-state index is 9.84. The normalized spacial score (nSPS) is 19.3. The summed E-state index contributed by atoms with van der Waals surface area (Å²) in [5.41, 5.74) is -0.00892. The molecular formula is C16H25NO4. The van der Waals surface area contributed by atoms with Crippen molar-refractivity contribution < 1.29 is 19.3 Å². The molecule has 0 unspecified atom stereocenters. The molecule has 0 aromatic heterocycles. The highest BCUT2D eigenvalue weighted by atomic mass is 16.6. The van der Waals surface area contributed by atoms with Crippen LogP contribution in [0, 0.1) is 0 Å². The molecule has 5 heteroatoms. The molecule has 0 saturated heterocycles. The minimum atomic E-state index is -0.527. The molecular weight excluding hydrogens is 270 g/mol. The Morgan fingerprint density at radius 3 is 2.76 bits per heavy atom. The molecule has 118 valence electrons. The molecule has 2 N–H and O–H groups in total. The molecule has 21 heavy (non-hydrogen) atoms. The van der Waals surface area contributed by atoms with Crippen molar-refractivity contribution >= 4 is 0 Å². The van der Waals surface area contributed by atoms with Crippen LogP contribution >= 0.6 is 0 Å². The standard InChI is InChI=1S/C16H25NO4/c1-16(2,3)17-8-12(18)9-19-10-13-11-20-14-6-4-5-7-15(14)21-13/h4-7,12-13,17-18H,8-11H2,1-3H3/t12-,13+/m0/s1. The topological polar surface area (TPSA) is 60.0 Å². The Balaban J connectivity index is 1.66. The van der Waals surface area contributed by atoms with Crippen LogP contribution in [0.3, 0.4) is 0 Å². The average molecular weight is 295 g/mol. The fourth-order valence-electron chi connectivity index (χ4n) is 1.96. The van der Waals surface area contributed by atoms with Gasteiger partial charge in [0.2, 0.25) is 0 Å². The minimum Gasteiger partial charge on any atom is -0.486 e. The lowest BCUT2D eigenvalue weighted by molar-refractivity contribution is -0.0221. The maximum Gasteiger partial charge on any atom is 0.161 e. The molecule has 0 fully saturated rings. The summed E-state index contributed by atoms with van der Waals surface area (Å²) < 4.78 is 16.9. The first-order valence-corrected chi connectivity index (χ1v) is 7.33. The van der Waals surface area contributed by atoms with E-state index in [-0.39, 0.29) is 18.2 Å². The van der Waals surface area contributed by atoms with Crippen LogP contribution in [0.2, 0.25) is 0 Å². The van der Waals surface area contributed by atoms with Gasteiger partial charge >= 0.3 is 0 Å². The molecule has 0 aliphatic carbocycles. The predicted molar refractivity (Wildman–Crippen MR) is 80.9 cm³/mol. The van der Waals surface area contributed by atoms with E-state index in [1.165, 1.54) is 0 Å². The molecule has 0 radical (unpaired) electrons. The van der Waals surface area contributed by atoms with Gasteiger partial charge in [-0.25, -0.2) is 0 Å². The first-order chi connectivity index (χ1) is 9.94. The van der Waals surface area contributed by atoms with Crippen molar-refractivity contribution in [3.63, 3.8) is 0 Å². The van der Waals surface area contributed by atoms with Crippen LogP contribution in [0.15, 0.2) is 24.3 Å². The highest BCUT2D eigenvalue weighted by Gasteiger charge is 2.21. The van der Waals surface area contributed by atoms with Crippen molar-refractivity contribution in [1.29, 1.82) is 0 Å². The van der Waals surface area contributed by atoms with Crippen LogP contribution in [0.25, 0.3) is 0 Å². The summed E-state index contributed by atoms with van der Waals surface area (Å²) >= 11 is 0. The lowest BCUT2D eigenvalue weighted by Crippen LogP contribution is -2.42. The highest BCUT2D eigenvalue weighted by molar-refractivity contribution is 5.40. The fraction of sp³-hybridized carbons (Fsp3) is 0.625. The maximum absolute atomic E-state index is 9.84. The van der Waals surface area contributed by atoms with Crippen molar-refractivity contribution in [2.75, 3.05) is 26.4 Å². The number of para-hydroxylation sites is 2. The Hall–Kier alpha value is -1.30. The molecule has 0 amide bonds. The number of ether oxygens (including phenoxy) is 3. The van der Waals surface area contributed by atoms with Crippen LogP contribution in [0.1, 0.15) is 20.8 Å². The zero-order chi connectivity index (χ0) is 15.3. The van der Waals surface area contributed by atoms with Gasteiger partial charge in [0.25, 0.3) is 0 Å². The first kappa shape index (κ1) is 16.1. The van der Waals surface area contributed by atoms with Crippen molar-refractivity contribution in [2.24, 2.45) is 0 Å². The van der Waals surface area contributed by atoms with E-state index in [2.05, 4.69) is 26.1 Å². The molecule has 2 atom stereocenters. The van der Waals surface area contributed by atoms with Crippen molar-refractivity contribution in [3.8, 4) is 11.5 Å². The van der Waals surface area contributed by atoms with E-state index >= 15 is 0 Å².